The number of nitrogens with zero attached hydrogens (tertiary/aromatic N) is 1. The molecule has 0 aromatic rings. The Morgan fingerprint density at radius 3 is 2.92 bits per heavy atom. The predicted octanol–water partition coefficient (Wildman–Crippen LogP) is -3.59. The van der Waals surface area contributed by atoms with Gasteiger partial charge in [0.2, 0.25) is 0 Å². The minimum atomic E-state index is 0. The summed E-state index contributed by atoms with van der Waals surface area (Å²) >= 11 is 0. The van der Waals surface area contributed by atoms with Crippen LogP contribution in [0.25, 0.3) is 0 Å². The first kappa shape index (κ1) is 12.8. The summed E-state index contributed by atoms with van der Waals surface area (Å²) in [4.78, 5) is 3.66. The van der Waals surface area contributed by atoms with Crippen LogP contribution in [0.3, 0.4) is 0 Å². The van der Waals surface area contributed by atoms with E-state index in [0.29, 0.717) is 0 Å². The number of aliphatic hydroxyl groups is 1. The van der Waals surface area contributed by atoms with Crippen LogP contribution in [0.15, 0.2) is 12.4 Å². The summed E-state index contributed by atoms with van der Waals surface area (Å²) in [6, 6.07) is 0. The van der Waals surface area contributed by atoms with Crippen molar-refractivity contribution >= 4 is 0 Å². The van der Waals surface area contributed by atoms with Crippen LogP contribution in [0.1, 0.15) is 19.8 Å². The molecule has 13 heavy (non-hydrogen) atoms. The van der Waals surface area contributed by atoms with E-state index < -0.39 is 0 Å². The fourth-order valence-electron chi connectivity index (χ4n) is 1.43. The first-order valence-corrected chi connectivity index (χ1v) is 4.74. The molecule has 0 radical (unpaired) electrons. The molecule has 2 N–H and O–H groups in total. The molecule has 1 aliphatic rings. The van der Waals surface area contributed by atoms with Crippen molar-refractivity contribution in [3.05, 3.63) is 12.4 Å². The highest BCUT2D eigenvalue weighted by atomic mass is 35.5. The van der Waals surface area contributed by atoms with Crippen LogP contribution >= 0.6 is 0 Å². The topological polar surface area (TPSA) is 27.9 Å². The normalized spacial score (nSPS) is 20.5. The van der Waals surface area contributed by atoms with Gasteiger partial charge in [-0.3, -0.25) is 4.90 Å². The number of quaternary nitrogens is 1. The third kappa shape index (κ3) is 4.50. The van der Waals surface area contributed by atoms with Gasteiger partial charge in [0.15, 0.2) is 6.67 Å². The van der Waals surface area contributed by atoms with Crippen LogP contribution in [-0.2, 0) is 0 Å². The number of hydrogen-bond acceptors (Lipinski definition) is 2. The summed E-state index contributed by atoms with van der Waals surface area (Å²) in [7, 11) is 0. The lowest BCUT2D eigenvalue weighted by Gasteiger charge is -2.15. The summed E-state index contributed by atoms with van der Waals surface area (Å²) in [6.45, 7) is 5.48. The van der Waals surface area contributed by atoms with Crippen LogP contribution in [0, 0.1) is 0 Å². The average Bonchev–Trinajstić information content (AvgIpc) is 2.50. The zero-order valence-electron chi connectivity index (χ0n) is 8.17. The molecule has 0 fully saturated rings. The van der Waals surface area contributed by atoms with Gasteiger partial charge in [0.1, 0.15) is 6.20 Å². The van der Waals surface area contributed by atoms with Crippen LogP contribution in [-0.4, -0.2) is 36.4 Å². The molecule has 1 atom stereocenters. The second-order valence-corrected chi connectivity index (χ2v) is 3.27. The number of aliphatic hydroxyl groups excluding tert-OH is 1. The molecule has 0 saturated carbocycles. The van der Waals surface area contributed by atoms with Gasteiger partial charge in [-0.25, -0.2) is 0 Å². The lowest BCUT2D eigenvalue weighted by Crippen LogP contribution is -3.07. The number of rotatable bonds is 5. The van der Waals surface area contributed by atoms with Crippen LogP contribution in [0.2, 0.25) is 0 Å². The van der Waals surface area contributed by atoms with E-state index in [4.69, 9.17) is 5.11 Å². The minimum absolute atomic E-state index is 0. The van der Waals surface area contributed by atoms with Gasteiger partial charge in [0.25, 0.3) is 0 Å². The van der Waals surface area contributed by atoms with Crippen molar-refractivity contribution in [2.45, 2.75) is 19.8 Å². The minimum Gasteiger partial charge on any atom is -1.00 e. The molecule has 0 aliphatic carbocycles. The Morgan fingerprint density at radius 1 is 1.54 bits per heavy atom. The summed E-state index contributed by atoms with van der Waals surface area (Å²) < 4.78 is 0. The fourth-order valence-corrected chi connectivity index (χ4v) is 1.43. The van der Waals surface area contributed by atoms with Crippen molar-refractivity contribution in [1.29, 1.82) is 0 Å². The molecule has 4 heteroatoms. The molecule has 78 valence electrons. The maximum Gasteiger partial charge on any atom is 0.157 e. The smallest absolute Gasteiger partial charge is 0.157 e. The van der Waals surface area contributed by atoms with E-state index in [9.17, 15) is 0 Å². The molecule has 1 heterocycles. The molecule has 1 aliphatic heterocycles. The van der Waals surface area contributed by atoms with Crippen LogP contribution < -0.4 is 17.3 Å². The first-order valence-electron chi connectivity index (χ1n) is 4.74. The SMILES string of the molecule is CCCC[NH+]1C=CN(CCO)C1.[Cl-]. The van der Waals surface area contributed by atoms with Gasteiger partial charge in [-0.05, 0) is 6.42 Å². The van der Waals surface area contributed by atoms with E-state index in [-0.39, 0.29) is 19.0 Å². The summed E-state index contributed by atoms with van der Waals surface area (Å²) in [6.07, 6.45) is 6.82. The molecule has 0 aromatic carbocycles. The molecule has 0 amide bonds. The van der Waals surface area contributed by atoms with Crippen LogP contribution in [0.4, 0.5) is 0 Å². The monoisotopic (exact) mass is 206 g/mol. The number of β-amino-alcohol motifs (C(OH)–C–C–N with tert-alkyl or cyclic N) is 1. The van der Waals surface area contributed by atoms with Gasteiger partial charge in [-0.1, -0.05) is 13.3 Å². The van der Waals surface area contributed by atoms with Gasteiger partial charge in [-0.2, -0.15) is 0 Å². The summed E-state index contributed by atoms with van der Waals surface area (Å²) in [5, 5.41) is 8.70. The van der Waals surface area contributed by atoms with Crippen LogP contribution in [0.5, 0.6) is 0 Å². The highest BCUT2D eigenvalue weighted by molar-refractivity contribution is 4.77. The molecule has 1 rings (SSSR count). The van der Waals surface area contributed by atoms with Crippen molar-refractivity contribution < 1.29 is 22.4 Å². The van der Waals surface area contributed by atoms with Crippen molar-refractivity contribution in [2.75, 3.05) is 26.4 Å². The lowest BCUT2D eigenvalue weighted by molar-refractivity contribution is -0.849. The molecular formula is C9H19ClN2O. The van der Waals surface area contributed by atoms with E-state index in [2.05, 4.69) is 24.2 Å². The molecule has 0 aromatic heterocycles. The summed E-state index contributed by atoms with van der Waals surface area (Å²) in [5.41, 5.74) is 0. The Kier molecular flexibility index (Phi) is 7.04. The van der Waals surface area contributed by atoms with E-state index in [1.807, 2.05) is 0 Å². The van der Waals surface area contributed by atoms with E-state index in [1.54, 1.807) is 0 Å². The standard InChI is InChI=1S/C9H18N2O.ClH/c1-2-3-4-10-5-6-11(9-10)7-8-12;/h5-6,12H,2-4,7-9H2,1H3;1H. The maximum atomic E-state index is 8.70. The van der Waals surface area contributed by atoms with Crippen molar-refractivity contribution in [1.82, 2.24) is 4.90 Å². The Hall–Kier alpha value is -0.250. The predicted molar refractivity (Wildman–Crippen MR) is 48.5 cm³/mol. The summed E-state index contributed by atoms with van der Waals surface area (Å²) in [5.74, 6) is 0. The van der Waals surface area contributed by atoms with Crippen molar-refractivity contribution in [2.24, 2.45) is 0 Å². The second-order valence-electron chi connectivity index (χ2n) is 3.27. The molecule has 0 spiro atoms. The van der Waals surface area contributed by atoms with Crippen molar-refractivity contribution in [3.63, 3.8) is 0 Å². The number of hydrogen-bond donors (Lipinski definition) is 2. The van der Waals surface area contributed by atoms with Gasteiger partial charge < -0.3 is 22.4 Å². The molecule has 0 bridgehead atoms. The largest absolute Gasteiger partial charge is 1.00 e. The van der Waals surface area contributed by atoms with Gasteiger partial charge in [0, 0.05) is 6.54 Å². The van der Waals surface area contributed by atoms with E-state index >= 15 is 0 Å². The second kappa shape index (κ2) is 7.18. The lowest BCUT2D eigenvalue weighted by atomic mass is 10.3. The third-order valence-electron chi connectivity index (χ3n) is 2.17. The van der Waals surface area contributed by atoms with Gasteiger partial charge in [0.05, 0.1) is 19.4 Å². The first-order chi connectivity index (χ1) is 5.86. The quantitative estimate of drug-likeness (QED) is 0.487. The Morgan fingerprint density at radius 2 is 2.31 bits per heavy atom. The number of halogens is 1. The highest BCUT2D eigenvalue weighted by Gasteiger charge is 2.14. The number of nitrogens with one attached hydrogen (secondary N) is 1. The Labute approximate surface area is 86.4 Å². The zero-order chi connectivity index (χ0) is 8.81. The molecule has 3 nitrogen and oxygen atoms in total. The van der Waals surface area contributed by atoms with Crippen molar-refractivity contribution in [3.8, 4) is 0 Å². The fraction of sp³-hybridized carbons (Fsp3) is 0.778. The molecule has 0 saturated heterocycles. The van der Waals surface area contributed by atoms with E-state index in [0.717, 1.165) is 13.2 Å². The third-order valence-corrected chi connectivity index (χ3v) is 2.17. The molecular weight excluding hydrogens is 188 g/mol. The maximum absolute atomic E-state index is 8.70. The Balaban J connectivity index is 0.00000144. The van der Waals surface area contributed by atoms with E-state index in [1.165, 1.54) is 24.3 Å². The zero-order valence-corrected chi connectivity index (χ0v) is 8.93. The van der Waals surface area contributed by atoms with Gasteiger partial charge in [-0.15, -0.1) is 0 Å². The highest BCUT2D eigenvalue weighted by Crippen LogP contribution is 1.89. The Bertz CT molecular complexity index is 153. The molecule has 1 unspecified atom stereocenters. The number of unbranched alkanes of at least 4 members (excludes halogenated alkanes) is 1. The average molecular weight is 207 g/mol. The van der Waals surface area contributed by atoms with Gasteiger partial charge >= 0.3 is 0 Å².